The Morgan fingerprint density at radius 1 is 1.38 bits per heavy atom. The van der Waals surface area contributed by atoms with Crippen molar-refractivity contribution in [1.82, 2.24) is 5.32 Å². The Morgan fingerprint density at radius 2 is 2.19 bits per heavy atom. The number of carbonyl (C=O) groups is 1. The van der Waals surface area contributed by atoms with E-state index in [0.717, 1.165) is 25.9 Å². The molecule has 2 atom stereocenters. The molecule has 2 unspecified atom stereocenters. The molecule has 1 saturated heterocycles. The average molecular weight is 290 g/mol. The van der Waals surface area contributed by atoms with E-state index in [1.54, 1.807) is 0 Å². The molecule has 0 aromatic heterocycles. The lowest BCUT2D eigenvalue weighted by Crippen LogP contribution is -2.51. The summed E-state index contributed by atoms with van der Waals surface area (Å²) in [6, 6.07) is 8.71. The van der Waals surface area contributed by atoms with Crippen LogP contribution >= 0.6 is 0 Å². The third-order valence-corrected chi connectivity index (χ3v) is 4.08. The summed E-state index contributed by atoms with van der Waals surface area (Å²) in [5.41, 5.74) is 2.50. The number of aryl methyl sites for hydroxylation is 1. The van der Waals surface area contributed by atoms with E-state index in [1.807, 2.05) is 6.92 Å². The van der Waals surface area contributed by atoms with Gasteiger partial charge in [0, 0.05) is 18.8 Å². The summed E-state index contributed by atoms with van der Waals surface area (Å²) < 4.78 is 5.01. The third kappa shape index (κ3) is 4.38. The Morgan fingerprint density at radius 3 is 2.86 bits per heavy atom. The van der Waals surface area contributed by atoms with Crippen LogP contribution in [0.3, 0.4) is 0 Å². The molecule has 2 rings (SSSR count). The molecule has 1 amide bonds. The first-order chi connectivity index (χ1) is 10.1. The predicted molar refractivity (Wildman–Crippen MR) is 85.7 cm³/mol. The number of nitrogens with one attached hydrogen (secondary N) is 1. The highest BCUT2D eigenvalue weighted by Gasteiger charge is 2.27. The van der Waals surface area contributed by atoms with Gasteiger partial charge in [-0.15, -0.1) is 0 Å². The van der Waals surface area contributed by atoms with Crippen LogP contribution in [0.25, 0.3) is 0 Å². The molecule has 4 nitrogen and oxygen atoms in total. The van der Waals surface area contributed by atoms with Gasteiger partial charge in [0.1, 0.15) is 0 Å². The first kappa shape index (κ1) is 15.7. The molecular weight excluding hydrogens is 264 g/mol. The highest BCUT2D eigenvalue weighted by Crippen LogP contribution is 2.25. The van der Waals surface area contributed by atoms with E-state index in [2.05, 4.69) is 48.3 Å². The van der Waals surface area contributed by atoms with Gasteiger partial charge in [-0.05, 0) is 43.9 Å². The van der Waals surface area contributed by atoms with Gasteiger partial charge in [0.05, 0.1) is 12.6 Å². The van der Waals surface area contributed by atoms with E-state index in [9.17, 15) is 4.79 Å². The number of nitrogens with zero attached hydrogens (tertiary/aromatic N) is 1. The smallest absolute Gasteiger partial charge is 0.407 e. The van der Waals surface area contributed by atoms with Crippen molar-refractivity contribution in [3.05, 3.63) is 29.8 Å². The maximum absolute atomic E-state index is 11.7. The number of benzene rings is 1. The molecule has 1 aliphatic heterocycles. The van der Waals surface area contributed by atoms with E-state index in [1.165, 1.54) is 11.3 Å². The van der Waals surface area contributed by atoms with Gasteiger partial charge in [0.2, 0.25) is 0 Å². The van der Waals surface area contributed by atoms with Crippen LogP contribution in [0.5, 0.6) is 0 Å². The van der Waals surface area contributed by atoms with Crippen LogP contribution in [-0.4, -0.2) is 31.8 Å². The van der Waals surface area contributed by atoms with Gasteiger partial charge in [0.15, 0.2) is 0 Å². The Bertz CT molecular complexity index is 476. The number of anilines is 1. The minimum absolute atomic E-state index is 0.156. The van der Waals surface area contributed by atoms with Crippen molar-refractivity contribution < 1.29 is 9.53 Å². The Balaban J connectivity index is 2.06. The minimum Gasteiger partial charge on any atom is -0.450 e. The van der Waals surface area contributed by atoms with Crippen LogP contribution in [-0.2, 0) is 4.74 Å². The molecular formula is C17H26N2O2. The van der Waals surface area contributed by atoms with Gasteiger partial charge in [-0.2, -0.15) is 0 Å². The second kappa shape index (κ2) is 7.34. The monoisotopic (exact) mass is 290 g/mol. The van der Waals surface area contributed by atoms with Crippen molar-refractivity contribution >= 4 is 11.8 Å². The molecule has 1 N–H and O–H groups in total. The van der Waals surface area contributed by atoms with Crippen LogP contribution < -0.4 is 10.2 Å². The van der Waals surface area contributed by atoms with Crippen LogP contribution in [0.2, 0.25) is 0 Å². The van der Waals surface area contributed by atoms with Gasteiger partial charge in [-0.1, -0.05) is 25.5 Å². The summed E-state index contributed by atoms with van der Waals surface area (Å²) in [4.78, 5) is 14.0. The standard InChI is InChI=1S/C17H26N2O2/c1-4-14-10-15(18-17(20)21-5-2)12-19(11-14)16-8-6-7-13(3)9-16/h6-9,14-15H,4-5,10-12H2,1-3H3,(H,18,20). The summed E-state index contributed by atoms with van der Waals surface area (Å²) in [7, 11) is 0. The molecule has 1 aliphatic rings. The lowest BCUT2D eigenvalue weighted by atomic mass is 9.91. The Labute approximate surface area is 127 Å². The molecule has 1 fully saturated rings. The van der Waals surface area contributed by atoms with Gasteiger partial charge in [-0.25, -0.2) is 4.79 Å². The van der Waals surface area contributed by atoms with Crippen molar-refractivity contribution in [2.75, 3.05) is 24.6 Å². The number of carbonyl (C=O) groups excluding carboxylic acids is 1. The van der Waals surface area contributed by atoms with E-state index < -0.39 is 0 Å². The molecule has 21 heavy (non-hydrogen) atoms. The summed E-state index contributed by atoms with van der Waals surface area (Å²) >= 11 is 0. The summed E-state index contributed by atoms with van der Waals surface area (Å²) in [5, 5.41) is 3.00. The molecule has 1 heterocycles. The van der Waals surface area contributed by atoms with Gasteiger partial charge in [-0.3, -0.25) is 0 Å². The second-order valence-corrected chi connectivity index (χ2v) is 5.82. The summed E-state index contributed by atoms with van der Waals surface area (Å²) in [6.45, 7) is 8.47. The lowest BCUT2D eigenvalue weighted by Gasteiger charge is -2.39. The fourth-order valence-electron chi connectivity index (χ4n) is 2.98. The Hall–Kier alpha value is -1.71. The van der Waals surface area contributed by atoms with Crippen molar-refractivity contribution in [2.45, 2.75) is 39.7 Å². The first-order valence-corrected chi connectivity index (χ1v) is 7.87. The number of amides is 1. The van der Waals surface area contributed by atoms with Crippen molar-refractivity contribution in [3.63, 3.8) is 0 Å². The number of rotatable bonds is 4. The normalized spacial score (nSPS) is 22.0. The summed E-state index contributed by atoms with van der Waals surface area (Å²) in [5.74, 6) is 0.603. The summed E-state index contributed by atoms with van der Waals surface area (Å²) in [6.07, 6.45) is 1.85. The quantitative estimate of drug-likeness (QED) is 0.924. The van der Waals surface area contributed by atoms with E-state index in [0.29, 0.717) is 12.5 Å². The molecule has 0 aliphatic carbocycles. The van der Waals surface area contributed by atoms with E-state index in [4.69, 9.17) is 4.74 Å². The molecule has 0 radical (unpaired) electrons. The predicted octanol–water partition coefficient (Wildman–Crippen LogP) is 3.35. The van der Waals surface area contributed by atoms with Crippen LogP contribution in [0.15, 0.2) is 24.3 Å². The topological polar surface area (TPSA) is 41.6 Å². The van der Waals surface area contributed by atoms with E-state index in [-0.39, 0.29) is 12.1 Å². The SMILES string of the molecule is CCOC(=O)NC1CC(CC)CN(c2cccc(C)c2)C1. The molecule has 0 bridgehead atoms. The number of alkyl carbamates (subject to hydrolysis) is 1. The van der Waals surface area contributed by atoms with Crippen LogP contribution in [0.1, 0.15) is 32.3 Å². The highest BCUT2D eigenvalue weighted by molar-refractivity contribution is 5.67. The molecule has 0 spiro atoms. The first-order valence-electron chi connectivity index (χ1n) is 7.87. The zero-order valence-corrected chi connectivity index (χ0v) is 13.3. The average Bonchev–Trinajstić information content (AvgIpc) is 2.47. The Kier molecular flexibility index (Phi) is 5.48. The molecule has 0 saturated carbocycles. The zero-order valence-electron chi connectivity index (χ0n) is 13.3. The fourth-order valence-corrected chi connectivity index (χ4v) is 2.98. The number of hydrogen-bond acceptors (Lipinski definition) is 3. The van der Waals surface area contributed by atoms with Crippen LogP contribution in [0.4, 0.5) is 10.5 Å². The molecule has 1 aromatic carbocycles. The number of hydrogen-bond donors (Lipinski definition) is 1. The van der Waals surface area contributed by atoms with Crippen molar-refractivity contribution in [3.8, 4) is 0 Å². The zero-order chi connectivity index (χ0) is 15.2. The highest BCUT2D eigenvalue weighted by atomic mass is 16.5. The van der Waals surface area contributed by atoms with E-state index >= 15 is 0 Å². The minimum atomic E-state index is -0.302. The molecule has 116 valence electrons. The molecule has 1 aromatic rings. The maximum atomic E-state index is 11.7. The third-order valence-electron chi connectivity index (χ3n) is 4.08. The van der Waals surface area contributed by atoms with Gasteiger partial charge >= 0.3 is 6.09 Å². The van der Waals surface area contributed by atoms with Gasteiger partial charge in [0.25, 0.3) is 0 Å². The number of piperidine rings is 1. The molecule has 4 heteroatoms. The number of ether oxygens (including phenoxy) is 1. The maximum Gasteiger partial charge on any atom is 0.407 e. The van der Waals surface area contributed by atoms with Crippen molar-refractivity contribution in [1.29, 1.82) is 0 Å². The van der Waals surface area contributed by atoms with Crippen molar-refractivity contribution in [2.24, 2.45) is 5.92 Å². The fraction of sp³-hybridized carbons (Fsp3) is 0.588. The largest absolute Gasteiger partial charge is 0.450 e. The second-order valence-electron chi connectivity index (χ2n) is 5.82. The lowest BCUT2D eigenvalue weighted by molar-refractivity contribution is 0.144. The van der Waals surface area contributed by atoms with Gasteiger partial charge < -0.3 is 15.0 Å². The van der Waals surface area contributed by atoms with Crippen LogP contribution in [0, 0.1) is 12.8 Å².